The predicted molar refractivity (Wildman–Crippen MR) is 293 cm³/mol. The van der Waals surface area contributed by atoms with Gasteiger partial charge in [0.15, 0.2) is 0 Å². The average molecular weight is 1180 g/mol. The Morgan fingerprint density at radius 2 is 0.921 bits per heavy atom. The van der Waals surface area contributed by atoms with E-state index in [0.717, 1.165) is 23.4 Å². The minimum atomic E-state index is -2.09. The molecule has 0 fully saturated rings. The largest absolute Gasteiger partial charge is 1.00 e. The van der Waals surface area contributed by atoms with Crippen LogP contribution in [0.3, 0.4) is 0 Å². The van der Waals surface area contributed by atoms with E-state index in [1.54, 1.807) is 27.7 Å². The Labute approximate surface area is 465 Å². The molecule has 6 N–H and O–H groups in total. The third kappa shape index (κ3) is 24.2. The molecule has 0 saturated heterocycles. The van der Waals surface area contributed by atoms with Crippen molar-refractivity contribution in [3.05, 3.63) is 91.0 Å². The van der Waals surface area contributed by atoms with Crippen LogP contribution in [0.5, 0.6) is 0 Å². The van der Waals surface area contributed by atoms with Crippen LogP contribution >= 0.6 is 28.9 Å². The second-order valence-corrected chi connectivity index (χ2v) is 23.0. The number of carbonyl (C=O) groups is 9. The maximum Gasteiger partial charge on any atom is 0.328 e. The van der Waals surface area contributed by atoms with Crippen molar-refractivity contribution in [3.8, 4) is 0 Å². The number of hydrogen-bond acceptors (Lipinski definition) is 16. The second-order valence-electron chi connectivity index (χ2n) is 16.8. The fourth-order valence-corrected chi connectivity index (χ4v) is 14.5. The summed E-state index contributed by atoms with van der Waals surface area (Å²) < 4.78 is 20.2. The molecule has 0 aliphatic carbocycles. The van der Waals surface area contributed by atoms with E-state index in [1.807, 2.05) is 18.2 Å². The minimum Gasteiger partial charge on any atom is -1.00 e. The molecule has 0 radical (unpaired) electrons. The van der Waals surface area contributed by atoms with Gasteiger partial charge in [0.05, 0.1) is 38.6 Å². The first-order chi connectivity index (χ1) is 36.2. The number of hydrogen-bond donors (Lipinski definition) is 6. The number of amides is 5. The summed E-state index contributed by atoms with van der Waals surface area (Å²) >= 11 is 0. The lowest BCUT2D eigenvalue weighted by Crippen LogP contribution is -3.00. The molecule has 0 aliphatic heterocycles. The summed E-state index contributed by atoms with van der Waals surface area (Å²) in [5, 5.41) is 19.9. The van der Waals surface area contributed by atoms with E-state index in [2.05, 4.69) is 105 Å². The van der Waals surface area contributed by atoms with Gasteiger partial charge in [0.25, 0.3) is 0 Å². The zero-order valence-corrected chi connectivity index (χ0v) is 48.1. The Morgan fingerprint density at radius 3 is 1.38 bits per heavy atom. The van der Waals surface area contributed by atoms with Gasteiger partial charge < -0.3 is 67.8 Å². The molecule has 0 bridgehead atoms. The first-order valence-corrected chi connectivity index (χ1v) is 29.7. The lowest BCUT2D eigenvalue weighted by atomic mass is 10.1. The fraction of sp³-hybridized carbons (Fsp3) is 0.491. The molecule has 0 aromatic heterocycles. The van der Waals surface area contributed by atoms with Gasteiger partial charge in [0, 0.05) is 31.3 Å². The van der Waals surface area contributed by atoms with E-state index in [9.17, 15) is 43.2 Å². The maximum atomic E-state index is 13.5. The second kappa shape index (κ2) is 38.1. The van der Waals surface area contributed by atoms with Crippen molar-refractivity contribution in [2.75, 3.05) is 63.7 Å². The first-order valence-electron chi connectivity index (χ1n) is 25.3. The third-order valence-corrected chi connectivity index (χ3v) is 18.2. The van der Waals surface area contributed by atoms with Crippen molar-refractivity contribution in [2.24, 2.45) is 0 Å². The number of carbonyl (C=O) groups excluding carboxylic acids is 9. The molecule has 76 heavy (non-hydrogen) atoms. The number of esters is 4. The highest BCUT2D eigenvalue weighted by Crippen LogP contribution is 2.56. The van der Waals surface area contributed by atoms with Crippen molar-refractivity contribution in [1.82, 2.24) is 31.9 Å². The number of ether oxygens (including phenoxy) is 4. The lowest BCUT2D eigenvalue weighted by Gasteiger charge is -2.27. The minimum absolute atomic E-state index is 0. The van der Waals surface area contributed by atoms with Crippen LogP contribution in [0.2, 0.25) is 0 Å². The molecule has 0 heterocycles. The van der Waals surface area contributed by atoms with E-state index in [1.165, 1.54) is 33.6 Å². The van der Waals surface area contributed by atoms with E-state index >= 15 is 0 Å². The molecule has 3 rings (SSSR count). The summed E-state index contributed by atoms with van der Waals surface area (Å²) in [5.41, 5.74) is 0. The zero-order valence-electron chi connectivity index (χ0n) is 43.9. The van der Waals surface area contributed by atoms with Crippen LogP contribution in [-0.4, -0.2) is 141 Å². The summed E-state index contributed by atoms with van der Waals surface area (Å²) in [7, 11) is 0.231. The van der Waals surface area contributed by atoms with Gasteiger partial charge in [0.1, 0.15) is 54.4 Å². The van der Waals surface area contributed by atoms with Gasteiger partial charge in [-0.3, -0.25) is 33.6 Å². The lowest BCUT2D eigenvalue weighted by molar-refractivity contribution is -0.148. The van der Waals surface area contributed by atoms with Crippen LogP contribution in [0.1, 0.15) is 79.6 Å². The Balaban J connectivity index is 0.0000198. The van der Waals surface area contributed by atoms with Crippen molar-refractivity contribution in [2.45, 2.75) is 104 Å². The highest BCUT2D eigenvalue weighted by atomic mass is 79.9. The van der Waals surface area contributed by atoms with Crippen LogP contribution in [0.4, 0.5) is 0 Å². The molecule has 4 atom stereocenters. The molecule has 418 valence electrons. The monoisotopic (exact) mass is 1180 g/mol. The first kappa shape index (κ1) is 66.6. The maximum absolute atomic E-state index is 13.5. The fourth-order valence-electron chi connectivity index (χ4n) is 7.77. The average Bonchev–Trinajstić information content (AvgIpc) is 3.40. The van der Waals surface area contributed by atoms with Crippen molar-refractivity contribution in [3.63, 3.8) is 0 Å². The number of unbranched alkanes of at least 4 members (excludes halogenated alkanes) is 1. The molecule has 3 aromatic rings. The highest BCUT2D eigenvalue weighted by Gasteiger charge is 2.44. The molecule has 23 heteroatoms. The molecular weight excluding hydrogens is 1100 g/mol. The smallest absolute Gasteiger partial charge is 0.328 e. The molecule has 0 aliphatic rings. The van der Waals surface area contributed by atoms with Gasteiger partial charge in [0.2, 0.25) is 29.5 Å². The zero-order chi connectivity index (χ0) is 54.9. The molecule has 0 saturated carbocycles. The summed E-state index contributed by atoms with van der Waals surface area (Å²) in [6, 6.07) is 27.4. The standard InChI is InChI=1S/C53H73N6O13PS2.BrH/c1-6-69-48(63)34-55-50(65)44(36-74-75-37-45(51(66)56-35-49(64)70-7-2)59-47(62)31-30-43(57-38(5)60)53(68)72-9-4)54-32-21-28-42(52(67)71-8-3)58-46(61)29-19-20-33-73(39-22-13-10-14-23-39,40-24-15-11-16-25-40)41-26-17-12-18-27-41;/h10-18,22-27,42-45,54H,6-9,19-21,28-37H2,1-5H3,(H4-,55,56,57,58,59,60,61,62,65,66);1H/t42-,43-,44-,45-;/m0./s1. The van der Waals surface area contributed by atoms with Gasteiger partial charge in [-0.25, -0.2) is 9.59 Å². The Bertz CT molecular complexity index is 2180. The van der Waals surface area contributed by atoms with Crippen LogP contribution in [0.15, 0.2) is 91.0 Å². The van der Waals surface area contributed by atoms with Gasteiger partial charge in [-0.2, -0.15) is 0 Å². The number of halogens is 1. The van der Waals surface area contributed by atoms with Crippen LogP contribution in [-0.2, 0) is 62.1 Å². The van der Waals surface area contributed by atoms with Crippen LogP contribution < -0.4 is 64.8 Å². The van der Waals surface area contributed by atoms with Crippen LogP contribution in [0.25, 0.3) is 0 Å². The Morgan fingerprint density at radius 1 is 0.500 bits per heavy atom. The molecule has 3 aromatic carbocycles. The van der Waals surface area contributed by atoms with Crippen molar-refractivity contribution in [1.29, 1.82) is 0 Å². The van der Waals surface area contributed by atoms with Gasteiger partial charge in [-0.1, -0.05) is 76.2 Å². The van der Waals surface area contributed by atoms with Gasteiger partial charge in [-0.05, 0) is 103 Å². The quantitative estimate of drug-likeness (QED) is 0.0147. The highest BCUT2D eigenvalue weighted by molar-refractivity contribution is 8.76. The third-order valence-electron chi connectivity index (χ3n) is 11.3. The van der Waals surface area contributed by atoms with Gasteiger partial charge in [-0.15, -0.1) is 0 Å². The summed E-state index contributed by atoms with van der Waals surface area (Å²) in [6.45, 7) is 7.48. The van der Waals surface area contributed by atoms with E-state index in [4.69, 9.17) is 18.9 Å². The van der Waals surface area contributed by atoms with Crippen molar-refractivity contribution < 1.29 is 79.1 Å². The van der Waals surface area contributed by atoms with Crippen molar-refractivity contribution >= 4 is 98.2 Å². The number of rotatable bonds is 36. The Hall–Kier alpha value is -5.54. The van der Waals surface area contributed by atoms with E-state index in [0.29, 0.717) is 12.8 Å². The topological polar surface area (TPSA) is 263 Å². The number of nitrogens with one attached hydrogen (secondary N) is 6. The molecule has 5 amide bonds. The van der Waals surface area contributed by atoms with Crippen LogP contribution in [0, 0.1) is 0 Å². The molecule has 0 unspecified atom stereocenters. The molecule has 0 spiro atoms. The molecule has 19 nitrogen and oxygen atoms in total. The van der Waals surface area contributed by atoms with E-state index < -0.39 is 85.5 Å². The van der Waals surface area contributed by atoms with E-state index in [-0.39, 0.29) is 99.6 Å². The summed E-state index contributed by atoms with van der Waals surface area (Å²) in [5.74, 6) is -5.21. The summed E-state index contributed by atoms with van der Waals surface area (Å²) in [6.07, 6.45) is 2.49. The summed E-state index contributed by atoms with van der Waals surface area (Å²) in [4.78, 5) is 115. The Kier molecular flexibility index (Phi) is 33.4. The number of benzene rings is 3. The predicted octanol–water partition coefficient (Wildman–Crippen LogP) is 0.0139. The van der Waals surface area contributed by atoms with Gasteiger partial charge >= 0.3 is 23.9 Å². The normalized spacial score (nSPS) is 12.4. The SMILES string of the molecule is CCOC(=O)CNC(=O)[C@H](CSSC[C@H](NC(=O)CC[C@H](NC(C)=O)C(=O)OCC)C(=O)NCC(=O)OCC)NCCC[C@H](NC(=O)CCCC[P+](c1ccccc1)(c1ccccc1)c1ccccc1)C(=O)OCC.[Br-]. The molecular formula is C53H74BrN6O13PS2.